The highest BCUT2D eigenvalue weighted by atomic mass is 35.5. The molecule has 0 radical (unpaired) electrons. The molecule has 3 aromatic rings. The number of nitrogens with zero attached hydrogens (tertiary/aromatic N) is 2. The highest BCUT2D eigenvalue weighted by molar-refractivity contribution is 7.20. The number of thiophene rings is 1. The zero-order chi connectivity index (χ0) is 16.7. The highest BCUT2D eigenvalue weighted by Gasteiger charge is 2.19. The van der Waals surface area contributed by atoms with Crippen LogP contribution in [-0.2, 0) is 0 Å². The Balaban J connectivity index is 2.20. The number of anilines is 2. The van der Waals surface area contributed by atoms with Gasteiger partial charge in [-0.2, -0.15) is 0 Å². The fourth-order valence-corrected chi connectivity index (χ4v) is 3.63. The topological polar surface area (TPSA) is 75.1 Å². The van der Waals surface area contributed by atoms with Crippen LogP contribution in [0.3, 0.4) is 0 Å². The maximum absolute atomic E-state index is 11.4. The van der Waals surface area contributed by atoms with Crippen LogP contribution in [-0.4, -0.2) is 21.0 Å². The number of hydrogen-bond donors (Lipinski definition) is 2. The van der Waals surface area contributed by atoms with Crippen LogP contribution in [0.25, 0.3) is 10.2 Å². The number of nitrogens with one attached hydrogen (secondary N) is 1. The van der Waals surface area contributed by atoms with Gasteiger partial charge in [0.05, 0.1) is 5.39 Å². The number of benzene rings is 1. The Hall–Kier alpha value is -2.18. The molecule has 0 saturated heterocycles. The minimum absolute atomic E-state index is 0.283. The summed E-state index contributed by atoms with van der Waals surface area (Å²) in [6.07, 6.45) is 0. The van der Waals surface area contributed by atoms with E-state index in [1.54, 1.807) is 13.8 Å². The first-order chi connectivity index (χ1) is 10.9. The van der Waals surface area contributed by atoms with E-state index in [1.807, 2.05) is 25.1 Å². The Bertz CT molecular complexity index is 937. The lowest BCUT2D eigenvalue weighted by atomic mass is 10.1. The summed E-state index contributed by atoms with van der Waals surface area (Å²) in [7, 11) is 0. The van der Waals surface area contributed by atoms with Crippen molar-refractivity contribution in [3.8, 4) is 0 Å². The monoisotopic (exact) mass is 347 g/mol. The van der Waals surface area contributed by atoms with Gasteiger partial charge >= 0.3 is 5.97 Å². The number of carboxylic acid groups (broad SMARTS) is 1. The number of aromatic nitrogens is 2. The molecule has 0 amide bonds. The molecule has 0 unspecified atom stereocenters. The molecule has 0 spiro atoms. The minimum atomic E-state index is -0.951. The van der Waals surface area contributed by atoms with E-state index in [1.165, 1.54) is 0 Å². The number of carboxylic acids is 1. The minimum Gasteiger partial charge on any atom is -0.477 e. The normalized spacial score (nSPS) is 11.0. The number of fused-ring (bicyclic) bond motifs is 1. The van der Waals surface area contributed by atoms with Crippen LogP contribution in [0.2, 0.25) is 5.02 Å². The van der Waals surface area contributed by atoms with Crippen LogP contribution in [0.5, 0.6) is 0 Å². The van der Waals surface area contributed by atoms with Crippen LogP contribution in [0.15, 0.2) is 18.2 Å². The molecule has 23 heavy (non-hydrogen) atoms. The number of carbonyl (C=O) groups is 1. The summed E-state index contributed by atoms with van der Waals surface area (Å²) in [5.41, 5.74) is 2.52. The van der Waals surface area contributed by atoms with E-state index in [4.69, 9.17) is 11.6 Å². The van der Waals surface area contributed by atoms with E-state index < -0.39 is 5.97 Å². The molecular formula is C16H14ClN3O2S. The highest BCUT2D eigenvalue weighted by Crippen LogP contribution is 2.35. The van der Waals surface area contributed by atoms with E-state index >= 15 is 0 Å². The molecule has 0 fully saturated rings. The van der Waals surface area contributed by atoms with Gasteiger partial charge in [-0.05, 0) is 44.0 Å². The molecule has 2 N–H and O–H groups in total. The van der Waals surface area contributed by atoms with Gasteiger partial charge in [-0.3, -0.25) is 0 Å². The van der Waals surface area contributed by atoms with E-state index in [0.29, 0.717) is 27.1 Å². The maximum Gasteiger partial charge on any atom is 0.346 e. The van der Waals surface area contributed by atoms with Gasteiger partial charge in [-0.15, -0.1) is 11.3 Å². The lowest BCUT2D eigenvalue weighted by Crippen LogP contribution is -2.00. The smallest absolute Gasteiger partial charge is 0.346 e. The summed E-state index contributed by atoms with van der Waals surface area (Å²) in [6, 6.07) is 5.56. The van der Waals surface area contributed by atoms with Crippen molar-refractivity contribution in [2.45, 2.75) is 20.8 Å². The zero-order valence-electron chi connectivity index (χ0n) is 12.8. The zero-order valence-corrected chi connectivity index (χ0v) is 14.3. The second-order valence-electron chi connectivity index (χ2n) is 5.25. The van der Waals surface area contributed by atoms with E-state index in [0.717, 1.165) is 28.0 Å². The summed E-state index contributed by atoms with van der Waals surface area (Å²) >= 11 is 7.22. The van der Waals surface area contributed by atoms with Gasteiger partial charge < -0.3 is 10.4 Å². The number of halogens is 1. The maximum atomic E-state index is 11.4. The number of aryl methyl sites for hydroxylation is 3. The molecule has 0 bridgehead atoms. The van der Waals surface area contributed by atoms with E-state index in [9.17, 15) is 9.90 Å². The van der Waals surface area contributed by atoms with E-state index in [-0.39, 0.29) is 4.88 Å². The number of rotatable bonds is 3. The van der Waals surface area contributed by atoms with Crippen molar-refractivity contribution in [3.05, 3.63) is 45.1 Å². The molecule has 3 rings (SSSR count). The van der Waals surface area contributed by atoms with Crippen molar-refractivity contribution in [1.29, 1.82) is 0 Å². The molecule has 0 aliphatic heterocycles. The summed E-state index contributed by atoms with van der Waals surface area (Å²) in [5, 5.41) is 13.9. The third kappa shape index (κ3) is 2.87. The van der Waals surface area contributed by atoms with Gasteiger partial charge in [0.2, 0.25) is 0 Å². The Morgan fingerprint density at radius 1 is 1.26 bits per heavy atom. The van der Waals surface area contributed by atoms with Crippen LogP contribution in [0.1, 0.15) is 26.6 Å². The Morgan fingerprint density at radius 2 is 2.00 bits per heavy atom. The van der Waals surface area contributed by atoms with Crippen molar-refractivity contribution >= 4 is 50.6 Å². The quantitative estimate of drug-likeness (QED) is 0.717. The van der Waals surface area contributed by atoms with Gasteiger partial charge in [-0.1, -0.05) is 17.7 Å². The number of hydrogen-bond acceptors (Lipinski definition) is 5. The Kier molecular flexibility index (Phi) is 3.95. The lowest BCUT2D eigenvalue weighted by Gasteiger charge is -2.11. The molecule has 0 atom stereocenters. The molecular weight excluding hydrogens is 334 g/mol. The molecule has 2 heterocycles. The standard InChI is InChI=1S/C16H14ClN3O2S/c1-7-4-5-10(17)6-11(7)20-14-12-8(2)13(16(21)22)23-15(12)19-9(3)18-14/h4-6H,1-3H3,(H,21,22)(H,18,19,20). The van der Waals surface area contributed by atoms with E-state index in [2.05, 4.69) is 15.3 Å². The average molecular weight is 348 g/mol. The van der Waals surface area contributed by atoms with Crippen molar-refractivity contribution in [2.24, 2.45) is 0 Å². The molecule has 1 aromatic carbocycles. The molecule has 0 aliphatic rings. The van der Waals surface area contributed by atoms with Crippen molar-refractivity contribution in [3.63, 3.8) is 0 Å². The van der Waals surface area contributed by atoms with Crippen LogP contribution in [0.4, 0.5) is 11.5 Å². The fourth-order valence-electron chi connectivity index (χ4n) is 2.40. The third-order valence-corrected chi connectivity index (χ3v) is 4.96. The van der Waals surface area contributed by atoms with Gasteiger partial charge in [0.1, 0.15) is 21.3 Å². The summed E-state index contributed by atoms with van der Waals surface area (Å²) in [4.78, 5) is 21.1. The van der Waals surface area contributed by atoms with Crippen molar-refractivity contribution in [1.82, 2.24) is 9.97 Å². The second-order valence-corrected chi connectivity index (χ2v) is 6.68. The first kappa shape index (κ1) is 15.7. The predicted molar refractivity (Wildman–Crippen MR) is 93.3 cm³/mol. The lowest BCUT2D eigenvalue weighted by molar-refractivity contribution is 0.0701. The van der Waals surface area contributed by atoms with Crippen LogP contribution in [0, 0.1) is 20.8 Å². The van der Waals surface area contributed by atoms with Gasteiger partial charge in [0, 0.05) is 10.7 Å². The van der Waals surface area contributed by atoms with Crippen molar-refractivity contribution < 1.29 is 9.90 Å². The Labute approximate surface area is 142 Å². The second kappa shape index (κ2) is 5.79. The van der Waals surface area contributed by atoms with Crippen molar-refractivity contribution in [2.75, 3.05) is 5.32 Å². The first-order valence-corrected chi connectivity index (χ1v) is 8.10. The molecule has 0 aliphatic carbocycles. The average Bonchev–Trinajstić information content (AvgIpc) is 2.80. The third-order valence-electron chi connectivity index (χ3n) is 3.55. The SMILES string of the molecule is Cc1nc(Nc2cc(Cl)ccc2C)c2c(C)c(C(=O)O)sc2n1. The summed E-state index contributed by atoms with van der Waals surface area (Å²) < 4.78 is 0. The molecule has 2 aromatic heterocycles. The first-order valence-electron chi connectivity index (χ1n) is 6.91. The fraction of sp³-hybridized carbons (Fsp3) is 0.188. The van der Waals surface area contributed by atoms with Crippen LogP contribution >= 0.6 is 22.9 Å². The Morgan fingerprint density at radius 3 is 2.70 bits per heavy atom. The van der Waals surface area contributed by atoms with Crippen LogP contribution < -0.4 is 5.32 Å². The summed E-state index contributed by atoms with van der Waals surface area (Å²) in [6.45, 7) is 5.52. The molecule has 5 nitrogen and oxygen atoms in total. The van der Waals surface area contributed by atoms with Gasteiger partial charge in [0.15, 0.2) is 0 Å². The molecule has 118 valence electrons. The predicted octanol–water partition coefficient (Wildman–Crippen LogP) is 4.71. The summed E-state index contributed by atoms with van der Waals surface area (Å²) in [5.74, 6) is 0.227. The number of aromatic carboxylic acids is 1. The molecule has 7 heteroatoms. The molecule has 0 saturated carbocycles. The van der Waals surface area contributed by atoms with Gasteiger partial charge in [-0.25, -0.2) is 14.8 Å². The largest absolute Gasteiger partial charge is 0.477 e. The van der Waals surface area contributed by atoms with Gasteiger partial charge in [0.25, 0.3) is 0 Å².